The van der Waals surface area contributed by atoms with E-state index in [1.54, 1.807) is 31.4 Å². The summed E-state index contributed by atoms with van der Waals surface area (Å²) in [6.07, 6.45) is 8.64. The summed E-state index contributed by atoms with van der Waals surface area (Å²) in [4.78, 5) is 33.6. The van der Waals surface area contributed by atoms with Gasteiger partial charge in [0, 0.05) is 30.4 Å². The van der Waals surface area contributed by atoms with E-state index in [0.717, 1.165) is 50.4 Å². The second-order valence-corrected chi connectivity index (χ2v) is 10.5. The van der Waals surface area contributed by atoms with Crippen molar-refractivity contribution in [2.45, 2.75) is 56.7 Å². The van der Waals surface area contributed by atoms with Crippen LogP contribution in [0.2, 0.25) is 0 Å². The fourth-order valence-electron chi connectivity index (χ4n) is 4.95. The molecule has 42 heavy (non-hydrogen) atoms. The molecule has 218 valence electrons. The molecule has 6 rings (SSSR count). The van der Waals surface area contributed by atoms with Gasteiger partial charge in [0.1, 0.15) is 17.3 Å². The molecule has 0 unspecified atom stereocenters. The molecule has 0 bridgehead atoms. The van der Waals surface area contributed by atoms with Crippen molar-refractivity contribution in [1.82, 2.24) is 24.9 Å². The fraction of sp³-hybridized carbons (Fsp3) is 0.345. The molecule has 2 aliphatic carbocycles. The van der Waals surface area contributed by atoms with Gasteiger partial charge in [-0.05, 0) is 68.9 Å². The zero-order valence-electron chi connectivity index (χ0n) is 23.0. The first-order valence-corrected chi connectivity index (χ1v) is 13.9. The maximum atomic E-state index is 14.1. The zero-order valence-corrected chi connectivity index (χ0v) is 23.0. The van der Waals surface area contributed by atoms with Gasteiger partial charge in [-0.1, -0.05) is 0 Å². The van der Waals surface area contributed by atoms with Crippen molar-refractivity contribution in [3.8, 4) is 11.5 Å². The first-order chi connectivity index (χ1) is 20.4. The van der Waals surface area contributed by atoms with Crippen LogP contribution in [-0.4, -0.2) is 56.8 Å². The van der Waals surface area contributed by atoms with E-state index in [-0.39, 0.29) is 23.5 Å². The van der Waals surface area contributed by atoms with Crippen molar-refractivity contribution in [3.05, 3.63) is 66.5 Å². The third-order valence-corrected chi connectivity index (χ3v) is 7.33. The Kier molecular flexibility index (Phi) is 7.71. The standard InChI is InChI=1S/C29H31FN8O4/c1-41-20-8-10-21(11-9-20)42-29(40)35-19-6-4-18(5-7-19)34-26-14-24(33-17-2-3-17)27-32-16-25(38(27)37-26)28(39)36-23-12-13-31-15-22(23)30/h8-19,33H,2-7H2,1H3,(H,34,37)(H,35,40)(H,31,36,39). The Morgan fingerprint density at radius 1 is 0.905 bits per heavy atom. The second-order valence-electron chi connectivity index (χ2n) is 10.5. The molecule has 0 radical (unpaired) electrons. The lowest BCUT2D eigenvalue weighted by Gasteiger charge is -2.29. The number of aromatic nitrogens is 4. The Labute approximate surface area is 241 Å². The van der Waals surface area contributed by atoms with Crippen LogP contribution in [0.4, 0.5) is 26.4 Å². The molecular weight excluding hydrogens is 543 g/mol. The number of anilines is 3. The lowest BCUT2D eigenvalue weighted by Crippen LogP contribution is -2.41. The van der Waals surface area contributed by atoms with Crippen LogP contribution in [-0.2, 0) is 0 Å². The number of carbonyl (C=O) groups is 2. The maximum Gasteiger partial charge on any atom is 0.412 e. The van der Waals surface area contributed by atoms with Gasteiger partial charge < -0.3 is 30.7 Å². The molecular formula is C29H31FN8O4. The highest BCUT2D eigenvalue weighted by Crippen LogP contribution is 2.30. The Morgan fingerprint density at radius 3 is 2.31 bits per heavy atom. The molecule has 4 aromatic rings. The highest BCUT2D eigenvalue weighted by Gasteiger charge is 2.27. The molecule has 0 aliphatic heterocycles. The summed E-state index contributed by atoms with van der Waals surface area (Å²) >= 11 is 0. The van der Waals surface area contributed by atoms with Crippen LogP contribution in [0.5, 0.6) is 11.5 Å². The van der Waals surface area contributed by atoms with Gasteiger partial charge in [-0.2, -0.15) is 0 Å². The van der Waals surface area contributed by atoms with E-state index in [4.69, 9.17) is 9.47 Å². The molecule has 0 spiro atoms. The number of halogens is 1. The summed E-state index contributed by atoms with van der Waals surface area (Å²) in [6, 6.07) is 10.6. The molecule has 2 fully saturated rings. The number of ether oxygens (including phenoxy) is 2. The van der Waals surface area contributed by atoms with Crippen molar-refractivity contribution in [2.75, 3.05) is 23.1 Å². The number of rotatable bonds is 9. The van der Waals surface area contributed by atoms with Crippen molar-refractivity contribution >= 4 is 34.8 Å². The average Bonchev–Trinajstić information content (AvgIpc) is 3.70. The topological polar surface area (TPSA) is 144 Å². The van der Waals surface area contributed by atoms with Crippen LogP contribution in [0.25, 0.3) is 5.65 Å². The SMILES string of the molecule is COc1ccc(OC(=O)NC2CCC(Nc3cc(NC4CC4)c4ncc(C(=O)Nc5ccncc5F)n4n3)CC2)cc1. The van der Waals surface area contributed by atoms with Gasteiger partial charge >= 0.3 is 6.09 Å². The minimum Gasteiger partial charge on any atom is -0.497 e. The minimum absolute atomic E-state index is 0.00568. The summed E-state index contributed by atoms with van der Waals surface area (Å²) in [5.74, 6) is 0.542. The minimum atomic E-state index is -0.634. The summed E-state index contributed by atoms with van der Waals surface area (Å²) in [6.45, 7) is 0. The van der Waals surface area contributed by atoms with E-state index in [0.29, 0.717) is 29.0 Å². The van der Waals surface area contributed by atoms with E-state index >= 15 is 0 Å². The van der Waals surface area contributed by atoms with E-state index in [2.05, 4.69) is 36.3 Å². The number of benzene rings is 1. The van der Waals surface area contributed by atoms with Gasteiger partial charge in [0.2, 0.25) is 0 Å². The van der Waals surface area contributed by atoms with Gasteiger partial charge in [-0.15, -0.1) is 5.10 Å². The monoisotopic (exact) mass is 574 g/mol. The van der Waals surface area contributed by atoms with Gasteiger partial charge in [0.15, 0.2) is 17.2 Å². The predicted molar refractivity (Wildman–Crippen MR) is 154 cm³/mol. The molecule has 3 aromatic heterocycles. The quantitative estimate of drug-likeness (QED) is 0.225. The van der Waals surface area contributed by atoms with Crippen LogP contribution < -0.4 is 30.7 Å². The van der Waals surface area contributed by atoms with Gasteiger partial charge in [0.25, 0.3) is 5.91 Å². The smallest absolute Gasteiger partial charge is 0.412 e. The van der Waals surface area contributed by atoms with E-state index in [1.165, 1.54) is 23.0 Å². The summed E-state index contributed by atoms with van der Waals surface area (Å²) < 4.78 is 26.1. The highest BCUT2D eigenvalue weighted by atomic mass is 19.1. The van der Waals surface area contributed by atoms with Crippen molar-refractivity contribution in [3.63, 3.8) is 0 Å². The van der Waals surface area contributed by atoms with Crippen LogP contribution in [0, 0.1) is 5.82 Å². The molecule has 2 amide bonds. The van der Waals surface area contributed by atoms with Gasteiger partial charge in [0.05, 0.1) is 30.9 Å². The molecule has 4 N–H and O–H groups in total. The largest absolute Gasteiger partial charge is 0.497 e. The normalized spacial score (nSPS) is 18.2. The van der Waals surface area contributed by atoms with E-state index in [1.807, 2.05) is 6.07 Å². The average molecular weight is 575 g/mol. The van der Waals surface area contributed by atoms with Crippen LogP contribution in [0.3, 0.4) is 0 Å². The number of nitrogens with zero attached hydrogens (tertiary/aromatic N) is 4. The molecule has 2 aliphatic rings. The number of imidazole rings is 1. The van der Waals surface area contributed by atoms with Crippen molar-refractivity contribution < 1.29 is 23.5 Å². The molecule has 0 saturated heterocycles. The number of amides is 2. The number of pyridine rings is 1. The summed E-state index contributed by atoms with van der Waals surface area (Å²) in [5.41, 5.74) is 1.47. The zero-order chi connectivity index (χ0) is 29.1. The third kappa shape index (κ3) is 6.35. The number of hydrogen-bond donors (Lipinski definition) is 4. The summed E-state index contributed by atoms with van der Waals surface area (Å²) in [5, 5.41) is 17.2. The molecule has 3 heterocycles. The van der Waals surface area contributed by atoms with E-state index < -0.39 is 17.8 Å². The fourth-order valence-corrected chi connectivity index (χ4v) is 4.95. The second kappa shape index (κ2) is 11.9. The van der Waals surface area contributed by atoms with Gasteiger partial charge in [-0.25, -0.2) is 18.7 Å². The highest BCUT2D eigenvalue weighted by molar-refractivity contribution is 6.03. The Morgan fingerprint density at radius 2 is 1.60 bits per heavy atom. The first kappa shape index (κ1) is 27.2. The molecule has 12 nitrogen and oxygen atoms in total. The van der Waals surface area contributed by atoms with Crippen LogP contribution in [0.1, 0.15) is 49.0 Å². The van der Waals surface area contributed by atoms with Crippen LogP contribution >= 0.6 is 0 Å². The maximum absolute atomic E-state index is 14.1. The number of fused-ring (bicyclic) bond motifs is 1. The van der Waals surface area contributed by atoms with Crippen LogP contribution in [0.15, 0.2) is 55.0 Å². The predicted octanol–water partition coefficient (Wildman–Crippen LogP) is 4.61. The lowest BCUT2D eigenvalue weighted by atomic mass is 9.91. The third-order valence-electron chi connectivity index (χ3n) is 7.33. The van der Waals surface area contributed by atoms with E-state index in [9.17, 15) is 14.0 Å². The Bertz CT molecular complexity index is 1580. The molecule has 0 atom stereocenters. The number of methoxy groups -OCH3 is 1. The Balaban J connectivity index is 1.10. The number of nitrogens with one attached hydrogen (secondary N) is 4. The molecule has 1 aromatic carbocycles. The van der Waals surface area contributed by atoms with Crippen molar-refractivity contribution in [1.29, 1.82) is 0 Å². The first-order valence-electron chi connectivity index (χ1n) is 13.9. The summed E-state index contributed by atoms with van der Waals surface area (Å²) in [7, 11) is 1.58. The lowest BCUT2D eigenvalue weighted by molar-refractivity contribution is 0.102. The van der Waals surface area contributed by atoms with Crippen molar-refractivity contribution in [2.24, 2.45) is 0 Å². The molecule has 13 heteroatoms. The number of carbonyl (C=O) groups excluding carboxylic acids is 2. The van der Waals surface area contributed by atoms with Gasteiger partial charge in [-0.3, -0.25) is 9.78 Å². The molecule has 2 saturated carbocycles. The Hall–Kier alpha value is -4.94. The number of hydrogen-bond acceptors (Lipinski definition) is 9.